The lowest BCUT2D eigenvalue weighted by molar-refractivity contribution is -0.116. The third kappa shape index (κ3) is 7.78. The number of aliphatic hydroxyl groups excluding tert-OH is 2. The number of aldehydes is 1. The Balaban J connectivity index is 4.94. The molecule has 0 amide bonds. The summed E-state index contributed by atoms with van der Waals surface area (Å²) >= 11 is 0. The molecule has 6 N–H and O–H groups in total. The molecule has 0 saturated heterocycles. The first-order chi connectivity index (χ1) is 8.87. The molecule has 4 atom stereocenters. The van der Waals surface area contributed by atoms with Crippen molar-refractivity contribution in [2.75, 3.05) is 6.61 Å². The highest BCUT2D eigenvalue weighted by Crippen LogP contribution is 2.11. The van der Waals surface area contributed by atoms with Crippen LogP contribution in [0.4, 0.5) is 0 Å². The maximum Gasteiger partial charge on any atom is 0.397 e. The first kappa shape index (κ1) is 19.3. The van der Waals surface area contributed by atoms with Crippen LogP contribution in [0.5, 0.6) is 0 Å². The van der Waals surface area contributed by atoms with Gasteiger partial charge in [0.15, 0.2) is 0 Å². The molecule has 0 heterocycles. The Labute approximate surface area is 114 Å². The second-order valence-corrected chi connectivity index (χ2v) is 5.61. The fraction of sp³-hybridized carbons (Fsp3) is 0.833. The van der Waals surface area contributed by atoms with E-state index in [0.717, 1.165) is 0 Å². The van der Waals surface area contributed by atoms with E-state index in [1.165, 1.54) is 0 Å². The van der Waals surface area contributed by atoms with E-state index in [1.807, 2.05) is 0 Å². The van der Waals surface area contributed by atoms with Crippen LogP contribution in [0.2, 0.25) is 0 Å². The van der Waals surface area contributed by atoms with E-state index < -0.39 is 51.8 Å². The van der Waals surface area contributed by atoms with Crippen LogP contribution in [0.15, 0.2) is 0 Å². The summed E-state index contributed by atoms with van der Waals surface area (Å²) in [6.07, 6.45) is -6.48. The van der Waals surface area contributed by atoms with Gasteiger partial charge in [-0.1, -0.05) is 0 Å². The molecule has 0 aliphatic heterocycles. The summed E-state index contributed by atoms with van der Waals surface area (Å²) in [6, 6.07) is -1.77. The molecule has 0 aliphatic rings. The first-order valence-corrected chi connectivity index (χ1v) is 7.45. The largest absolute Gasteiger partial charge is 0.397 e. The minimum absolute atomic E-state index is 0.0462. The molecular formula is C6H13NO11S2. The number of nitrogens with two attached hydrogens (primary N) is 1. The molecule has 0 fully saturated rings. The van der Waals surface area contributed by atoms with Crippen LogP contribution < -0.4 is 5.73 Å². The van der Waals surface area contributed by atoms with Crippen molar-refractivity contribution in [2.24, 2.45) is 5.73 Å². The maximum atomic E-state index is 10.5. The van der Waals surface area contributed by atoms with Crippen LogP contribution in [0.1, 0.15) is 0 Å². The Bertz CT molecular complexity index is 513. The second kappa shape index (κ2) is 7.34. The molecule has 14 heteroatoms. The zero-order chi connectivity index (χ0) is 16.1. The van der Waals surface area contributed by atoms with Crippen LogP contribution >= 0.6 is 0 Å². The van der Waals surface area contributed by atoms with E-state index in [2.05, 4.69) is 8.37 Å². The fourth-order valence-electron chi connectivity index (χ4n) is 1.04. The Morgan fingerprint density at radius 2 is 1.60 bits per heavy atom. The smallest absolute Gasteiger partial charge is 0.388 e. The Kier molecular flexibility index (Phi) is 7.08. The molecule has 0 unspecified atom stereocenters. The van der Waals surface area contributed by atoms with Crippen molar-refractivity contribution < 1.29 is 49.3 Å². The van der Waals surface area contributed by atoms with Crippen molar-refractivity contribution in [3.05, 3.63) is 0 Å². The van der Waals surface area contributed by atoms with E-state index >= 15 is 0 Å². The standard InChI is InChI=1S/C6H13NO11S2/c7-3(1-8)6(18-20(14,15)16)5(10)4(9)2-17-19(11,12)13/h1,3-6,9-10H,2,7H2,(H,11,12,13)(H,14,15,16)/t3-,4+,5+,6+/m0/s1. The lowest BCUT2D eigenvalue weighted by Crippen LogP contribution is -2.52. The minimum atomic E-state index is -5.12. The number of carbonyl (C=O) groups is 1. The molecule has 0 aromatic carbocycles. The van der Waals surface area contributed by atoms with Gasteiger partial charge in [0, 0.05) is 0 Å². The highest BCUT2D eigenvalue weighted by molar-refractivity contribution is 7.81. The van der Waals surface area contributed by atoms with Crippen LogP contribution in [0.3, 0.4) is 0 Å². The van der Waals surface area contributed by atoms with Crippen LogP contribution in [-0.2, 0) is 34.0 Å². The van der Waals surface area contributed by atoms with Gasteiger partial charge in [-0.15, -0.1) is 0 Å². The summed E-state index contributed by atoms with van der Waals surface area (Å²) in [5.41, 5.74) is 5.10. The number of hydrogen-bond donors (Lipinski definition) is 5. The molecule has 0 bridgehead atoms. The summed E-state index contributed by atoms with van der Waals surface area (Å²) in [4.78, 5) is 10.4. The van der Waals surface area contributed by atoms with E-state index in [-0.39, 0.29) is 6.29 Å². The van der Waals surface area contributed by atoms with Gasteiger partial charge in [0.2, 0.25) is 0 Å². The summed E-state index contributed by atoms with van der Waals surface area (Å²) < 4.78 is 65.8. The highest BCUT2D eigenvalue weighted by atomic mass is 32.3. The second-order valence-electron chi connectivity index (χ2n) is 3.47. The number of rotatable bonds is 9. The molecule has 0 rings (SSSR count). The molecular weight excluding hydrogens is 326 g/mol. The molecule has 0 aromatic rings. The van der Waals surface area contributed by atoms with Gasteiger partial charge in [0.25, 0.3) is 0 Å². The van der Waals surface area contributed by atoms with Gasteiger partial charge in [-0.2, -0.15) is 16.8 Å². The Morgan fingerprint density at radius 1 is 1.10 bits per heavy atom. The Hall–Kier alpha value is -0.710. The monoisotopic (exact) mass is 339 g/mol. The van der Waals surface area contributed by atoms with Crippen molar-refractivity contribution in [3.8, 4) is 0 Å². The predicted octanol–water partition coefficient (Wildman–Crippen LogP) is -3.76. The topological polar surface area (TPSA) is 211 Å². The van der Waals surface area contributed by atoms with Gasteiger partial charge in [-0.3, -0.25) is 9.11 Å². The zero-order valence-electron chi connectivity index (χ0n) is 9.63. The van der Waals surface area contributed by atoms with E-state index in [9.17, 15) is 31.8 Å². The van der Waals surface area contributed by atoms with Crippen molar-refractivity contribution in [1.29, 1.82) is 0 Å². The summed E-state index contributed by atoms with van der Waals surface area (Å²) in [5, 5.41) is 18.8. The molecule has 0 spiro atoms. The lowest BCUT2D eigenvalue weighted by Gasteiger charge is -2.26. The van der Waals surface area contributed by atoms with Crippen LogP contribution in [0.25, 0.3) is 0 Å². The van der Waals surface area contributed by atoms with Crippen molar-refractivity contribution in [3.63, 3.8) is 0 Å². The summed E-state index contributed by atoms with van der Waals surface area (Å²) in [7, 11) is -10.0. The molecule has 0 aliphatic carbocycles. The fourth-order valence-corrected chi connectivity index (χ4v) is 1.87. The highest BCUT2D eigenvalue weighted by Gasteiger charge is 2.36. The van der Waals surface area contributed by atoms with Crippen molar-refractivity contribution >= 4 is 27.1 Å². The normalized spacial score (nSPS) is 19.1. The van der Waals surface area contributed by atoms with Gasteiger partial charge >= 0.3 is 20.8 Å². The van der Waals surface area contributed by atoms with Gasteiger partial charge in [-0.05, 0) is 0 Å². The first-order valence-electron chi connectivity index (χ1n) is 4.72. The van der Waals surface area contributed by atoms with E-state index in [4.69, 9.17) is 14.8 Å². The molecule has 0 radical (unpaired) electrons. The number of hydrogen-bond acceptors (Lipinski definition) is 10. The predicted molar refractivity (Wildman–Crippen MR) is 60.0 cm³/mol. The lowest BCUT2D eigenvalue weighted by atomic mass is 10.0. The summed E-state index contributed by atoms with van der Waals surface area (Å²) in [5.74, 6) is 0. The van der Waals surface area contributed by atoms with Crippen LogP contribution in [-0.4, -0.2) is 73.4 Å². The van der Waals surface area contributed by atoms with Crippen LogP contribution in [0, 0.1) is 0 Å². The van der Waals surface area contributed by atoms with Gasteiger partial charge in [-0.25, -0.2) is 8.37 Å². The third-order valence-corrected chi connectivity index (χ3v) is 2.79. The number of carbonyl (C=O) groups excluding carboxylic acids is 1. The SMILES string of the molecule is N[C@@H](C=O)[C@@H](OS(=O)(=O)O)[C@H](O)[C@H](O)COS(=O)(=O)O. The van der Waals surface area contributed by atoms with E-state index in [1.54, 1.807) is 0 Å². The zero-order valence-corrected chi connectivity index (χ0v) is 11.3. The number of aliphatic hydroxyl groups is 2. The van der Waals surface area contributed by atoms with Crippen molar-refractivity contribution in [2.45, 2.75) is 24.4 Å². The molecule has 0 saturated carbocycles. The minimum Gasteiger partial charge on any atom is -0.388 e. The van der Waals surface area contributed by atoms with Crippen molar-refractivity contribution in [1.82, 2.24) is 0 Å². The Morgan fingerprint density at radius 3 is 1.95 bits per heavy atom. The van der Waals surface area contributed by atoms with Gasteiger partial charge in [0.1, 0.15) is 24.6 Å². The van der Waals surface area contributed by atoms with E-state index in [0.29, 0.717) is 0 Å². The summed E-state index contributed by atoms with van der Waals surface area (Å²) in [6.45, 7) is -1.18. The van der Waals surface area contributed by atoms with Gasteiger partial charge < -0.3 is 20.7 Å². The average molecular weight is 339 g/mol. The van der Waals surface area contributed by atoms with Gasteiger partial charge in [0.05, 0.1) is 12.6 Å². The molecule has 0 aromatic heterocycles. The third-order valence-electron chi connectivity index (χ3n) is 1.89. The molecule has 12 nitrogen and oxygen atoms in total. The molecule has 20 heavy (non-hydrogen) atoms. The maximum absolute atomic E-state index is 10.5. The quantitative estimate of drug-likeness (QED) is 0.202. The molecule has 120 valence electrons. The average Bonchev–Trinajstić information content (AvgIpc) is 2.29.